The quantitative estimate of drug-likeness (QED) is 0.778. The van der Waals surface area contributed by atoms with Crippen molar-refractivity contribution in [3.8, 4) is 0 Å². The van der Waals surface area contributed by atoms with Gasteiger partial charge in [0.25, 0.3) is 0 Å². The summed E-state index contributed by atoms with van der Waals surface area (Å²) in [7, 11) is 0. The first kappa shape index (κ1) is 14.5. The average molecular weight is 279 g/mol. The van der Waals surface area contributed by atoms with E-state index in [9.17, 15) is 0 Å². The Bertz CT molecular complexity index is 525. The second-order valence-electron chi connectivity index (χ2n) is 5.71. The number of hydrogen-bond acceptors (Lipinski definition) is 3. The van der Waals surface area contributed by atoms with E-state index in [-0.39, 0.29) is 0 Å². The molecule has 3 nitrogen and oxygen atoms in total. The second kappa shape index (κ2) is 6.53. The molecule has 2 aromatic rings. The highest BCUT2D eigenvalue weighted by Crippen LogP contribution is 2.20. The summed E-state index contributed by atoms with van der Waals surface area (Å²) in [5, 5.41) is 5.73. The van der Waals surface area contributed by atoms with Gasteiger partial charge in [-0.05, 0) is 32.7 Å². The number of aryl methyl sites for hydroxylation is 2. The molecule has 2 rings (SSSR count). The van der Waals surface area contributed by atoms with Crippen molar-refractivity contribution in [1.29, 1.82) is 0 Å². The number of hydrogen-bond donors (Lipinski definition) is 1. The minimum Gasteiger partial charge on any atom is -0.311 e. The van der Waals surface area contributed by atoms with E-state index < -0.39 is 0 Å². The fraction of sp³-hybridized carbons (Fsp3) is 0.667. The van der Waals surface area contributed by atoms with Gasteiger partial charge in [0.1, 0.15) is 0 Å². The molecule has 106 valence electrons. The van der Waals surface area contributed by atoms with Crippen LogP contribution in [-0.4, -0.2) is 15.9 Å². The highest BCUT2D eigenvalue weighted by molar-refractivity contribution is 7.15. The van der Waals surface area contributed by atoms with Crippen molar-refractivity contribution in [3.05, 3.63) is 22.5 Å². The molecule has 0 saturated carbocycles. The normalized spacial score (nSPS) is 11.8. The van der Waals surface area contributed by atoms with Crippen molar-refractivity contribution in [2.24, 2.45) is 5.92 Å². The summed E-state index contributed by atoms with van der Waals surface area (Å²) in [5.41, 5.74) is 3.76. The van der Waals surface area contributed by atoms with Crippen LogP contribution in [0.2, 0.25) is 0 Å². The molecule has 0 bridgehead atoms. The lowest BCUT2D eigenvalue weighted by Gasteiger charge is -2.07. The standard InChI is InChI=1S/C15H25N3S/c1-11(2)7-5-6-8-16-9-14-13(4)17-15-18(14)12(3)10-19-15/h10-11,16H,5-9H2,1-4H3. The Morgan fingerprint density at radius 1 is 1.32 bits per heavy atom. The van der Waals surface area contributed by atoms with Crippen LogP contribution < -0.4 is 5.32 Å². The SMILES string of the molecule is Cc1nc2scc(C)n2c1CNCCCCC(C)C. The van der Waals surface area contributed by atoms with Gasteiger partial charge in [-0.25, -0.2) is 4.98 Å². The molecular weight excluding hydrogens is 254 g/mol. The topological polar surface area (TPSA) is 29.3 Å². The number of aromatic nitrogens is 2. The summed E-state index contributed by atoms with van der Waals surface area (Å²) >= 11 is 1.72. The molecule has 0 amide bonds. The first-order valence-electron chi connectivity index (χ1n) is 7.22. The molecule has 1 N–H and O–H groups in total. The van der Waals surface area contributed by atoms with Crippen molar-refractivity contribution in [1.82, 2.24) is 14.7 Å². The van der Waals surface area contributed by atoms with Crippen LogP contribution in [0.3, 0.4) is 0 Å². The van der Waals surface area contributed by atoms with Crippen LogP contribution in [0.4, 0.5) is 0 Å². The zero-order valence-corrected chi connectivity index (χ0v) is 13.3. The number of nitrogens with zero attached hydrogens (tertiary/aromatic N) is 2. The highest BCUT2D eigenvalue weighted by Gasteiger charge is 2.11. The minimum atomic E-state index is 0.824. The summed E-state index contributed by atoms with van der Waals surface area (Å²) in [6.07, 6.45) is 3.92. The lowest BCUT2D eigenvalue weighted by atomic mass is 10.1. The predicted molar refractivity (Wildman–Crippen MR) is 82.9 cm³/mol. The fourth-order valence-electron chi connectivity index (χ4n) is 2.39. The molecule has 4 heteroatoms. The van der Waals surface area contributed by atoms with Crippen molar-refractivity contribution >= 4 is 16.3 Å². The molecule has 0 atom stereocenters. The van der Waals surface area contributed by atoms with E-state index in [0.29, 0.717) is 0 Å². The molecular formula is C15H25N3S. The molecule has 0 aliphatic heterocycles. The van der Waals surface area contributed by atoms with Crippen molar-refractivity contribution in [2.45, 2.75) is 53.5 Å². The summed E-state index contributed by atoms with van der Waals surface area (Å²) < 4.78 is 2.28. The Kier molecular flexibility index (Phi) is 4.99. The Balaban J connectivity index is 1.84. The number of rotatable bonds is 7. The monoisotopic (exact) mass is 279 g/mol. The van der Waals surface area contributed by atoms with Crippen LogP contribution in [-0.2, 0) is 6.54 Å². The maximum Gasteiger partial charge on any atom is 0.194 e. The zero-order valence-electron chi connectivity index (χ0n) is 12.5. The van der Waals surface area contributed by atoms with Gasteiger partial charge in [-0.2, -0.15) is 0 Å². The maximum absolute atomic E-state index is 4.61. The van der Waals surface area contributed by atoms with Crippen molar-refractivity contribution < 1.29 is 0 Å². The Morgan fingerprint density at radius 3 is 2.84 bits per heavy atom. The van der Waals surface area contributed by atoms with Gasteiger partial charge in [0.15, 0.2) is 4.96 Å². The van der Waals surface area contributed by atoms with E-state index >= 15 is 0 Å². The van der Waals surface area contributed by atoms with Gasteiger partial charge in [0, 0.05) is 17.6 Å². The highest BCUT2D eigenvalue weighted by atomic mass is 32.1. The van der Waals surface area contributed by atoms with Gasteiger partial charge in [-0.1, -0.05) is 26.7 Å². The van der Waals surface area contributed by atoms with E-state index in [1.807, 2.05) is 0 Å². The van der Waals surface area contributed by atoms with Crippen molar-refractivity contribution in [2.75, 3.05) is 6.54 Å². The van der Waals surface area contributed by atoms with E-state index in [2.05, 4.69) is 47.8 Å². The first-order chi connectivity index (χ1) is 9.09. The second-order valence-corrected chi connectivity index (χ2v) is 6.54. The van der Waals surface area contributed by atoms with Crippen LogP contribution in [0, 0.1) is 19.8 Å². The first-order valence-corrected chi connectivity index (χ1v) is 8.10. The molecule has 0 aromatic carbocycles. The molecule has 19 heavy (non-hydrogen) atoms. The molecule has 0 aliphatic rings. The van der Waals surface area contributed by atoms with Gasteiger partial charge in [-0.15, -0.1) is 11.3 Å². The Morgan fingerprint density at radius 2 is 2.11 bits per heavy atom. The Labute approximate surface area is 120 Å². The summed E-state index contributed by atoms with van der Waals surface area (Å²) in [6.45, 7) is 10.9. The predicted octanol–water partition coefficient (Wildman–Crippen LogP) is 3.93. The van der Waals surface area contributed by atoms with Gasteiger partial charge in [-0.3, -0.25) is 4.40 Å². The van der Waals surface area contributed by atoms with E-state index in [0.717, 1.165) is 29.7 Å². The van der Waals surface area contributed by atoms with Gasteiger partial charge < -0.3 is 5.32 Å². The summed E-state index contributed by atoms with van der Waals surface area (Å²) in [5.74, 6) is 0.824. The lowest BCUT2D eigenvalue weighted by molar-refractivity contribution is 0.519. The molecule has 2 aromatic heterocycles. The van der Waals surface area contributed by atoms with Crippen LogP contribution in [0.25, 0.3) is 4.96 Å². The van der Waals surface area contributed by atoms with E-state index in [1.165, 1.54) is 30.7 Å². The Hall–Kier alpha value is -0.870. The zero-order chi connectivity index (χ0) is 13.8. The van der Waals surface area contributed by atoms with Crippen molar-refractivity contribution in [3.63, 3.8) is 0 Å². The third kappa shape index (κ3) is 3.57. The number of unbranched alkanes of at least 4 members (excludes halogenated alkanes) is 1. The van der Waals surface area contributed by atoms with Gasteiger partial charge in [0.05, 0.1) is 11.4 Å². The molecule has 0 unspecified atom stereocenters. The van der Waals surface area contributed by atoms with Crippen LogP contribution in [0.1, 0.15) is 50.2 Å². The lowest BCUT2D eigenvalue weighted by Crippen LogP contribution is -2.17. The molecule has 0 fully saturated rings. The van der Waals surface area contributed by atoms with Gasteiger partial charge in [0.2, 0.25) is 0 Å². The van der Waals surface area contributed by atoms with Gasteiger partial charge >= 0.3 is 0 Å². The maximum atomic E-state index is 4.61. The summed E-state index contributed by atoms with van der Waals surface area (Å²) in [4.78, 5) is 5.73. The fourth-order valence-corrected chi connectivity index (χ4v) is 3.32. The third-order valence-corrected chi connectivity index (χ3v) is 4.45. The van der Waals surface area contributed by atoms with Crippen LogP contribution in [0.15, 0.2) is 5.38 Å². The van der Waals surface area contributed by atoms with Crippen LogP contribution in [0.5, 0.6) is 0 Å². The van der Waals surface area contributed by atoms with Crippen LogP contribution >= 0.6 is 11.3 Å². The number of imidazole rings is 1. The minimum absolute atomic E-state index is 0.824. The largest absolute Gasteiger partial charge is 0.311 e. The molecule has 0 radical (unpaired) electrons. The number of fused-ring (bicyclic) bond motifs is 1. The molecule has 0 aliphatic carbocycles. The smallest absolute Gasteiger partial charge is 0.194 e. The number of nitrogens with one attached hydrogen (secondary N) is 1. The molecule has 2 heterocycles. The third-order valence-electron chi connectivity index (χ3n) is 3.51. The molecule has 0 spiro atoms. The molecule has 0 saturated heterocycles. The summed E-state index contributed by atoms with van der Waals surface area (Å²) in [6, 6.07) is 0. The van der Waals surface area contributed by atoms with E-state index in [4.69, 9.17) is 0 Å². The number of thiazole rings is 1. The van der Waals surface area contributed by atoms with E-state index in [1.54, 1.807) is 11.3 Å². The average Bonchev–Trinajstić information content (AvgIpc) is 2.84.